The minimum Gasteiger partial charge on any atom is -0.376 e. The number of nitrogens with zero attached hydrogens (tertiary/aromatic N) is 1. The molecule has 1 aliphatic heterocycles. The van der Waals surface area contributed by atoms with E-state index in [1.165, 1.54) is 6.20 Å². The first-order valence-corrected chi connectivity index (χ1v) is 7.94. The molecule has 0 amide bonds. The summed E-state index contributed by atoms with van der Waals surface area (Å²) in [6.45, 7) is 2.56. The number of H-pyrrole nitrogens is 1. The van der Waals surface area contributed by atoms with Crippen LogP contribution in [-0.2, 0) is 21.2 Å². The number of aryl methyl sites for hydroxylation is 1. The van der Waals surface area contributed by atoms with Gasteiger partial charge in [-0.1, -0.05) is 6.92 Å². The molecule has 0 bridgehead atoms. The molecule has 4 atom stereocenters. The van der Waals surface area contributed by atoms with Crippen molar-refractivity contribution in [2.75, 3.05) is 6.61 Å². The molecule has 2 aliphatic rings. The average Bonchev–Trinajstić information content (AvgIpc) is 3.03. The van der Waals surface area contributed by atoms with E-state index in [4.69, 9.17) is 10.5 Å². The number of hydrogen-bond acceptors (Lipinski definition) is 5. The molecule has 7 nitrogen and oxygen atoms in total. The van der Waals surface area contributed by atoms with Crippen molar-refractivity contribution in [2.24, 2.45) is 11.7 Å². The maximum Gasteiger partial charge on any atom is 0.258 e. The lowest BCUT2D eigenvalue weighted by molar-refractivity contribution is -0.00926. The summed E-state index contributed by atoms with van der Waals surface area (Å²) in [5, 5.41) is 0.0815. The van der Waals surface area contributed by atoms with Gasteiger partial charge in [0.1, 0.15) is 5.82 Å². The van der Waals surface area contributed by atoms with Gasteiger partial charge in [-0.05, 0) is 6.42 Å². The minimum atomic E-state index is -3.61. The molecular weight excluding hydrogens is 268 g/mol. The third kappa shape index (κ3) is 2.08. The highest BCUT2D eigenvalue weighted by Crippen LogP contribution is 2.38. The number of aromatic amines is 1. The van der Waals surface area contributed by atoms with E-state index in [1.54, 1.807) is 0 Å². The fraction of sp³-hybridized carbons (Fsp3) is 0.727. The third-order valence-electron chi connectivity index (χ3n) is 3.97. The van der Waals surface area contributed by atoms with E-state index in [0.717, 1.165) is 6.42 Å². The van der Waals surface area contributed by atoms with Crippen LogP contribution in [0.5, 0.6) is 0 Å². The summed E-state index contributed by atoms with van der Waals surface area (Å²) in [6.07, 6.45) is 2.82. The average molecular weight is 286 g/mol. The van der Waals surface area contributed by atoms with Gasteiger partial charge in [-0.15, -0.1) is 0 Å². The first-order chi connectivity index (χ1) is 9.03. The Balaban J connectivity index is 1.75. The second kappa shape index (κ2) is 4.55. The number of nitrogens with two attached hydrogens (primary N) is 1. The van der Waals surface area contributed by atoms with Gasteiger partial charge in [0.15, 0.2) is 5.03 Å². The van der Waals surface area contributed by atoms with Crippen LogP contribution in [0.1, 0.15) is 19.2 Å². The predicted octanol–water partition coefficient (Wildman–Crippen LogP) is -0.635. The van der Waals surface area contributed by atoms with Crippen LogP contribution in [0.4, 0.5) is 0 Å². The first-order valence-electron chi connectivity index (χ1n) is 6.46. The van der Waals surface area contributed by atoms with E-state index in [1.807, 2.05) is 6.92 Å². The normalized spacial score (nSPS) is 34.0. The van der Waals surface area contributed by atoms with E-state index in [2.05, 4.69) is 14.7 Å². The van der Waals surface area contributed by atoms with Gasteiger partial charge in [-0.2, -0.15) is 0 Å². The second-order valence-corrected chi connectivity index (χ2v) is 6.74. The summed E-state index contributed by atoms with van der Waals surface area (Å²) in [6, 6.07) is -0.512. The molecule has 106 valence electrons. The molecule has 1 aliphatic carbocycles. The van der Waals surface area contributed by atoms with Gasteiger partial charge in [-0.25, -0.2) is 18.1 Å². The third-order valence-corrected chi connectivity index (χ3v) is 5.34. The fourth-order valence-corrected chi connectivity index (χ4v) is 4.02. The summed E-state index contributed by atoms with van der Waals surface area (Å²) in [5.41, 5.74) is 5.99. The van der Waals surface area contributed by atoms with E-state index in [0.29, 0.717) is 18.9 Å². The van der Waals surface area contributed by atoms with Crippen LogP contribution in [-0.4, -0.2) is 43.2 Å². The fourth-order valence-electron chi connectivity index (χ4n) is 2.80. The van der Waals surface area contributed by atoms with E-state index < -0.39 is 10.0 Å². The van der Waals surface area contributed by atoms with Crippen molar-refractivity contribution in [3.05, 3.63) is 12.0 Å². The Morgan fingerprint density at radius 1 is 1.63 bits per heavy atom. The summed E-state index contributed by atoms with van der Waals surface area (Å²) < 4.78 is 32.5. The maximum absolute atomic E-state index is 12.2. The Bertz CT molecular complexity index is 570. The van der Waals surface area contributed by atoms with Crippen LogP contribution in [0, 0.1) is 5.92 Å². The molecule has 1 saturated carbocycles. The van der Waals surface area contributed by atoms with Gasteiger partial charge >= 0.3 is 0 Å². The van der Waals surface area contributed by atoms with Gasteiger partial charge in [0, 0.05) is 25.0 Å². The van der Waals surface area contributed by atoms with Crippen molar-refractivity contribution >= 4 is 10.0 Å². The SMILES string of the molecule is CCc1ncc(S(=O)(=O)NC2C(N)C3CCOC32)[nH]1. The summed E-state index contributed by atoms with van der Waals surface area (Å²) in [4.78, 5) is 6.79. The topological polar surface area (TPSA) is 110 Å². The van der Waals surface area contributed by atoms with E-state index in [9.17, 15) is 8.42 Å². The Morgan fingerprint density at radius 2 is 2.42 bits per heavy atom. The quantitative estimate of drug-likeness (QED) is 0.682. The van der Waals surface area contributed by atoms with Gasteiger partial charge in [0.05, 0.1) is 18.3 Å². The molecule has 4 N–H and O–H groups in total. The molecule has 4 unspecified atom stereocenters. The maximum atomic E-state index is 12.2. The van der Waals surface area contributed by atoms with Crippen LogP contribution >= 0.6 is 0 Å². The molecule has 0 radical (unpaired) electrons. The van der Waals surface area contributed by atoms with Crippen molar-refractivity contribution in [2.45, 2.75) is 43.0 Å². The van der Waals surface area contributed by atoms with Crippen molar-refractivity contribution in [3.63, 3.8) is 0 Å². The molecule has 0 spiro atoms. The molecule has 8 heteroatoms. The monoisotopic (exact) mass is 286 g/mol. The van der Waals surface area contributed by atoms with Crippen molar-refractivity contribution in [3.8, 4) is 0 Å². The Kier molecular flexibility index (Phi) is 3.12. The molecule has 3 rings (SSSR count). The first kappa shape index (κ1) is 13.0. The molecule has 1 aromatic heterocycles. The zero-order chi connectivity index (χ0) is 13.6. The number of aromatic nitrogens is 2. The van der Waals surface area contributed by atoms with Crippen LogP contribution in [0.3, 0.4) is 0 Å². The van der Waals surface area contributed by atoms with Gasteiger partial charge in [0.2, 0.25) is 0 Å². The van der Waals surface area contributed by atoms with Crippen LogP contribution in [0.25, 0.3) is 0 Å². The van der Waals surface area contributed by atoms with Crippen LogP contribution < -0.4 is 10.5 Å². The second-order valence-electron chi connectivity index (χ2n) is 5.06. The minimum absolute atomic E-state index is 0.0815. The van der Waals surface area contributed by atoms with E-state index in [-0.39, 0.29) is 29.1 Å². The molecule has 2 fully saturated rings. The molecule has 1 saturated heterocycles. The Hall–Kier alpha value is -0.960. The molecule has 19 heavy (non-hydrogen) atoms. The predicted molar refractivity (Wildman–Crippen MR) is 67.9 cm³/mol. The number of ether oxygens (including phenoxy) is 1. The largest absolute Gasteiger partial charge is 0.376 e. The lowest BCUT2D eigenvalue weighted by Gasteiger charge is -2.45. The van der Waals surface area contributed by atoms with Crippen molar-refractivity contribution < 1.29 is 13.2 Å². The summed E-state index contributed by atoms with van der Waals surface area (Å²) in [7, 11) is -3.61. The van der Waals surface area contributed by atoms with Gasteiger partial charge in [-0.3, -0.25) is 0 Å². The van der Waals surface area contributed by atoms with Gasteiger partial charge < -0.3 is 15.5 Å². The lowest BCUT2D eigenvalue weighted by atomic mass is 9.73. The standard InChI is InChI=1S/C11H18N4O3S/c1-2-7-13-5-8(14-7)19(16,17)15-10-9(12)6-3-4-18-11(6)10/h5-6,9-11,15H,2-4,12H2,1H3,(H,13,14). The van der Waals surface area contributed by atoms with Gasteiger partial charge in [0.25, 0.3) is 10.0 Å². The summed E-state index contributed by atoms with van der Waals surface area (Å²) >= 11 is 0. The van der Waals surface area contributed by atoms with E-state index >= 15 is 0 Å². The number of rotatable bonds is 4. The zero-order valence-corrected chi connectivity index (χ0v) is 11.5. The Morgan fingerprint density at radius 3 is 3.11 bits per heavy atom. The van der Waals surface area contributed by atoms with Crippen molar-refractivity contribution in [1.82, 2.24) is 14.7 Å². The smallest absolute Gasteiger partial charge is 0.258 e. The lowest BCUT2D eigenvalue weighted by Crippen LogP contribution is -2.68. The highest BCUT2D eigenvalue weighted by molar-refractivity contribution is 7.89. The molecule has 0 aromatic carbocycles. The highest BCUT2D eigenvalue weighted by atomic mass is 32.2. The number of nitrogens with one attached hydrogen (secondary N) is 2. The number of fused-ring (bicyclic) bond motifs is 1. The molecule has 1 aromatic rings. The molecule has 2 heterocycles. The zero-order valence-electron chi connectivity index (χ0n) is 10.7. The number of imidazole rings is 1. The molecular formula is C11H18N4O3S. The number of hydrogen-bond donors (Lipinski definition) is 3. The highest BCUT2D eigenvalue weighted by Gasteiger charge is 2.53. The van der Waals surface area contributed by atoms with Crippen LogP contribution in [0.2, 0.25) is 0 Å². The van der Waals surface area contributed by atoms with Crippen molar-refractivity contribution in [1.29, 1.82) is 0 Å². The Labute approximate surface area is 112 Å². The summed E-state index contributed by atoms with van der Waals surface area (Å²) in [5.74, 6) is 0.925. The number of sulfonamides is 1. The van der Waals surface area contributed by atoms with Crippen LogP contribution in [0.15, 0.2) is 11.2 Å².